The minimum Gasteiger partial charge on any atom is -0.462 e. The molecule has 1 aliphatic heterocycles. The summed E-state index contributed by atoms with van der Waals surface area (Å²) in [4.78, 5) is 25.4. The average molecular weight is 869 g/mol. The first-order valence-electron chi connectivity index (χ1n) is 25.8. The summed E-state index contributed by atoms with van der Waals surface area (Å²) in [6.07, 6.45) is 39.3. The number of hydrogen-bond donors (Lipinski definition) is 4. The normalized spacial score (nSPS) is 19.7. The molecule has 4 N–H and O–H groups in total. The third-order valence-electron chi connectivity index (χ3n) is 12.2. The summed E-state index contributed by atoms with van der Waals surface area (Å²) in [7, 11) is 0. The van der Waals surface area contributed by atoms with Gasteiger partial charge in [-0.15, -0.1) is 0 Å². The van der Waals surface area contributed by atoms with Crippen molar-refractivity contribution in [2.24, 2.45) is 0 Å². The first-order chi connectivity index (χ1) is 29.8. The molecule has 0 bridgehead atoms. The molecular weight excluding hydrogens is 773 g/mol. The lowest BCUT2D eigenvalue weighted by atomic mass is 9.99. The molecule has 0 aromatic rings. The van der Waals surface area contributed by atoms with Gasteiger partial charge < -0.3 is 39.4 Å². The summed E-state index contributed by atoms with van der Waals surface area (Å²) in [5, 5.41) is 40.2. The van der Waals surface area contributed by atoms with Crippen LogP contribution in [0.1, 0.15) is 245 Å². The fraction of sp³-hybridized carbons (Fsp3) is 0.922. The van der Waals surface area contributed by atoms with Crippen LogP contribution >= 0.6 is 0 Å². The van der Waals surface area contributed by atoms with Crippen LogP contribution in [-0.2, 0) is 28.5 Å². The number of unbranched alkanes of at least 4 members (excludes halogenated alkanes) is 31. The van der Waals surface area contributed by atoms with Crippen LogP contribution in [0.25, 0.3) is 0 Å². The molecule has 1 rings (SSSR count). The maximum atomic E-state index is 12.8. The number of esters is 2. The van der Waals surface area contributed by atoms with Crippen LogP contribution < -0.4 is 0 Å². The lowest BCUT2D eigenvalue weighted by Gasteiger charge is -2.39. The quantitative estimate of drug-likeness (QED) is 0.0264. The Morgan fingerprint density at radius 2 is 0.869 bits per heavy atom. The Morgan fingerprint density at radius 3 is 1.28 bits per heavy atom. The SMILES string of the molecule is CCCCCCCC/C=C/CCCCCCCCCCCC(=O)O[C@H](COC(=O)CCCCCCCCCCCCCCCCCCC)CO[C@@H]1O[C@H](CO)[C@H](O)C(O)C1O. The van der Waals surface area contributed by atoms with Crippen LogP contribution in [0, 0.1) is 0 Å². The van der Waals surface area contributed by atoms with E-state index >= 15 is 0 Å². The molecule has 61 heavy (non-hydrogen) atoms. The van der Waals surface area contributed by atoms with Crippen LogP contribution in [0.15, 0.2) is 12.2 Å². The van der Waals surface area contributed by atoms with Gasteiger partial charge >= 0.3 is 11.9 Å². The van der Waals surface area contributed by atoms with E-state index in [9.17, 15) is 30.0 Å². The number of carbonyl (C=O) groups excluding carboxylic acids is 2. The van der Waals surface area contributed by atoms with Gasteiger partial charge in [0.15, 0.2) is 12.4 Å². The smallest absolute Gasteiger partial charge is 0.306 e. The van der Waals surface area contributed by atoms with Crippen molar-refractivity contribution >= 4 is 11.9 Å². The van der Waals surface area contributed by atoms with E-state index < -0.39 is 49.4 Å². The molecule has 1 heterocycles. The van der Waals surface area contributed by atoms with Crippen molar-refractivity contribution in [3.63, 3.8) is 0 Å². The van der Waals surface area contributed by atoms with Gasteiger partial charge in [-0.3, -0.25) is 9.59 Å². The van der Waals surface area contributed by atoms with E-state index in [-0.39, 0.29) is 32.0 Å². The highest BCUT2D eigenvalue weighted by atomic mass is 16.7. The number of ether oxygens (including phenoxy) is 4. The number of aliphatic hydroxyl groups is 4. The molecule has 1 saturated heterocycles. The molecule has 0 radical (unpaired) electrons. The summed E-state index contributed by atoms with van der Waals surface area (Å²) >= 11 is 0. The second kappa shape index (κ2) is 42.4. The van der Waals surface area contributed by atoms with Gasteiger partial charge in [-0.25, -0.2) is 0 Å². The lowest BCUT2D eigenvalue weighted by Crippen LogP contribution is -2.59. The summed E-state index contributed by atoms with van der Waals surface area (Å²) in [5.74, 6) is -0.793. The minimum atomic E-state index is -1.59. The van der Waals surface area contributed by atoms with Gasteiger partial charge in [-0.1, -0.05) is 206 Å². The van der Waals surface area contributed by atoms with E-state index in [1.165, 1.54) is 173 Å². The van der Waals surface area contributed by atoms with Crippen molar-refractivity contribution in [3.8, 4) is 0 Å². The molecule has 0 saturated carbocycles. The highest BCUT2D eigenvalue weighted by Crippen LogP contribution is 2.23. The first kappa shape index (κ1) is 57.5. The fourth-order valence-corrected chi connectivity index (χ4v) is 8.07. The Morgan fingerprint density at radius 1 is 0.492 bits per heavy atom. The zero-order chi connectivity index (χ0) is 44.4. The van der Waals surface area contributed by atoms with Crippen LogP contribution in [0.5, 0.6) is 0 Å². The number of hydrogen-bond acceptors (Lipinski definition) is 10. The number of aliphatic hydroxyl groups excluding tert-OH is 4. The molecule has 0 aromatic heterocycles. The molecular formula is C51H96O10. The van der Waals surface area contributed by atoms with E-state index in [4.69, 9.17) is 18.9 Å². The lowest BCUT2D eigenvalue weighted by molar-refractivity contribution is -0.305. The highest BCUT2D eigenvalue weighted by molar-refractivity contribution is 5.70. The molecule has 1 aliphatic rings. The Hall–Kier alpha value is -1.56. The topological polar surface area (TPSA) is 152 Å². The standard InChI is InChI=1S/C51H96O10/c1-3-5-7-9-11-13-15-17-19-21-22-24-26-28-30-32-34-36-38-40-47(54)60-44(43-59-51-50(57)49(56)48(55)45(41-52)61-51)42-58-46(53)39-37-35-33-31-29-27-25-23-20-18-16-14-12-10-8-6-4-2/h17,19,44-45,48-52,55-57H,3-16,18,20-43H2,1-2H3/b19-17+/t44-,45-,48+,49?,50?,51-/m1/s1. The molecule has 2 unspecified atom stereocenters. The Labute approximate surface area is 373 Å². The molecule has 10 heteroatoms. The Balaban J connectivity index is 2.25. The third-order valence-corrected chi connectivity index (χ3v) is 12.2. The van der Waals surface area contributed by atoms with Gasteiger partial charge in [0, 0.05) is 12.8 Å². The first-order valence-corrected chi connectivity index (χ1v) is 25.8. The van der Waals surface area contributed by atoms with Gasteiger partial charge in [0.1, 0.15) is 31.0 Å². The molecule has 6 atom stereocenters. The Kier molecular flexibility index (Phi) is 39.9. The van der Waals surface area contributed by atoms with E-state index in [0.29, 0.717) is 6.42 Å². The van der Waals surface area contributed by atoms with Gasteiger partial charge in [0.25, 0.3) is 0 Å². The van der Waals surface area contributed by atoms with Crippen LogP contribution in [0.4, 0.5) is 0 Å². The number of rotatable bonds is 44. The molecule has 0 aliphatic carbocycles. The van der Waals surface area contributed by atoms with Crippen molar-refractivity contribution in [1.82, 2.24) is 0 Å². The molecule has 10 nitrogen and oxygen atoms in total. The van der Waals surface area contributed by atoms with Gasteiger partial charge in [0.05, 0.1) is 13.2 Å². The highest BCUT2D eigenvalue weighted by Gasteiger charge is 2.44. The molecule has 0 spiro atoms. The molecule has 0 aromatic carbocycles. The van der Waals surface area contributed by atoms with Gasteiger partial charge in [0.2, 0.25) is 0 Å². The number of carbonyl (C=O) groups is 2. The van der Waals surface area contributed by atoms with Crippen molar-refractivity contribution in [3.05, 3.63) is 12.2 Å². The second-order valence-corrected chi connectivity index (χ2v) is 18.0. The second-order valence-electron chi connectivity index (χ2n) is 18.0. The van der Waals surface area contributed by atoms with Crippen molar-refractivity contribution in [2.75, 3.05) is 19.8 Å². The predicted octanol–water partition coefficient (Wildman–Crippen LogP) is 11.9. The Bertz CT molecular complexity index is 1010. The van der Waals surface area contributed by atoms with Crippen LogP contribution in [0.3, 0.4) is 0 Å². The molecule has 0 amide bonds. The minimum absolute atomic E-state index is 0.212. The largest absolute Gasteiger partial charge is 0.462 e. The van der Waals surface area contributed by atoms with Gasteiger partial charge in [-0.2, -0.15) is 0 Å². The van der Waals surface area contributed by atoms with Crippen molar-refractivity contribution in [1.29, 1.82) is 0 Å². The van der Waals surface area contributed by atoms with E-state index in [1.54, 1.807) is 0 Å². The van der Waals surface area contributed by atoms with E-state index in [1.807, 2.05) is 0 Å². The average Bonchev–Trinajstić information content (AvgIpc) is 3.26. The summed E-state index contributed by atoms with van der Waals surface area (Å²) in [6, 6.07) is 0. The number of allylic oxidation sites excluding steroid dienone is 2. The van der Waals surface area contributed by atoms with E-state index in [0.717, 1.165) is 38.5 Å². The zero-order valence-electron chi connectivity index (χ0n) is 39.4. The van der Waals surface area contributed by atoms with Gasteiger partial charge in [-0.05, 0) is 38.5 Å². The maximum Gasteiger partial charge on any atom is 0.306 e. The summed E-state index contributed by atoms with van der Waals surface area (Å²) < 4.78 is 22.3. The van der Waals surface area contributed by atoms with Crippen LogP contribution in [0.2, 0.25) is 0 Å². The monoisotopic (exact) mass is 869 g/mol. The fourth-order valence-electron chi connectivity index (χ4n) is 8.07. The maximum absolute atomic E-state index is 12.8. The van der Waals surface area contributed by atoms with Crippen LogP contribution in [-0.4, -0.2) is 89.0 Å². The van der Waals surface area contributed by atoms with Crippen molar-refractivity contribution in [2.45, 2.75) is 282 Å². The molecule has 1 fully saturated rings. The summed E-state index contributed by atoms with van der Waals surface area (Å²) in [5.41, 5.74) is 0. The zero-order valence-corrected chi connectivity index (χ0v) is 39.4. The summed E-state index contributed by atoms with van der Waals surface area (Å²) in [6.45, 7) is 3.46. The van der Waals surface area contributed by atoms with Crippen molar-refractivity contribution < 1.29 is 49.0 Å². The third kappa shape index (κ3) is 33.6. The molecule has 360 valence electrons. The van der Waals surface area contributed by atoms with E-state index in [2.05, 4.69) is 26.0 Å². The predicted molar refractivity (Wildman–Crippen MR) is 247 cm³/mol.